The fraction of sp³-hybridized carbons (Fsp3) is 0.625. The summed E-state index contributed by atoms with van der Waals surface area (Å²) in [5, 5.41) is 5.69. The van der Waals surface area contributed by atoms with E-state index in [1.54, 1.807) is 6.92 Å². The average Bonchev–Trinajstić information content (AvgIpc) is 3.03. The zero-order valence-electron chi connectivity index (χ0n) is 18.8. The van der Waals surface area contributed by atoms with Crippen LogP contribution in [0.2, 0.25) is 0 Å². The van der Waals surface area contributed by atoms with Gasteiger partial charge in [0.2, 0.25) is 5.91 Å². The van der Waals surface area contributed by atoms with Gasteiger partial charge in [-0.2, -0.15) is 0 Å². The summed E-state index contributed by atoms with van der Waals surface area (Å²) in [5.41, 5.74) is -0.857. The number of benzene rings is 1. The predicted molar refractivity (Wildman–Crippen MR) is 118 cm³/mol. The Morgan fingerprint density at radius 2 is 1.66 bits per heavy atom. The van der Waals surface area contributed by atoms with Crippen molar-refractivity contribution in [2.75, 3.05) is 26.2 Å². The Morgan fingerprint density at radius 1 is 1.03 bits per heavy atom. The van der Waals surface area contributed by atoms with Gasteiger partial charge in [-0.3, -0.25) is 19.4 Å². The van der Waals surface area contributed by atoms with E-state index < -0.39 is 23.3 Å². The van der Waals surface area contributed by atoms with Gasteiger partial charge in [-0.1, -0.05) is 37.8 Å². The molecule has 0 spiro atoms. The Labute approximate surface area is 188 Å². The maximum Gasteiger partial charge on any atom is 0.325 e. The monoisotopic (exact) mass is 444 g/mol. The second kappa shape index (κ2) is 9.17. The number of amides is 4. The molecule has 1 aromatic rings. The molecule has 0 aromatic heterocycles. The number of carbonyl (C=O) groups excluding carboxylic acids is 3. The normalized spacial score (nSPS) is 26.1. The van der Waals surface area contributed by atoms with Crippen LogP contribution in [0.15, 0.2) is 24.3 Å². The molecule has 4 rings (SSSR count). The number of nitrogens with one attached hydrogen (secondary N) is 2. The number of hydrogen-bond acceptors (Lipinski definition) is 4. The number of nitrogens with zero attached hydrogens (tertiary/aromatic N) is 2. The van der Waals surface area contributed by atoms with E-state index in [2.05, 4.69) is 15.5 Å². The molecule has 4 amide bonds. The van der Waals surface area contributed by atoms with E-state index in [9.17, 15) is 18.8 Å². The number of halogens is 1. The SMILES string of the molecule is CC1(c2ccc(F)cc2)NC(=O)N(CC(=O)NCC2(N3CCCCC3)CCCCC2)C1=O. The van der Waals surface area contributed by atoms with Crippen molar-refractivity contribution in [2.45, 2.75) is 69.4 Å². The second-order valence-electron chi connectivity index (χ2n) is 9.56. The quantitative estimate of drug-likeness (QED) is 0.661. The molecule has 0 radical (unpaired) electrons. The van der Waals surface area contributed by atoms with Crippen LogP contribution in [0.4, 0.5) is 9.18 Å². The van der Waals surface area contributed by atoms with Crippen LogP contribution < -0.4 is 10.6 Å². The fourth-order valence-electron chi connectivity index (χ4n) is 5.46. The standard InChI is InChI=1S/C24H33FN4O3/c1-23(18-8-10-19(25)11-9-18)21(31)29(22(32)27-23)16-20(30)26-17-24(12-4-2-5-13-24)28-14-6-3-7-15-28/h8-11H,2-7,12-17H2,1H3,(H,26,30)(H,27,32). The van der Waals surface area contributed by atoms with Crippen molar-refractivity contribution in [3.8, 4) is 0 Å². The van der Waals surface area contributed by atoms with E-state index in [1.807, 2.05) is 0 Å². The molecule has 1 aromatic carbocycles. The molecule has 3 aliphatic rings. The molecule has 2 aliphatic heterocycles. The van der Waals surface area contributed by atoms with Crippen LogP contribution in [-0.4, -0.2) is 59.4 Å². The molecule has 2 N–H and O–H groups in total. The van der Waals surface area contributed by atoms with Gasteiger partial charge >= 0.3 is 6.03 Å². The van der Waals surface area contributed by atoms with Crippen molar-refractivity contribution >= 4 is 17.8 Å². The molecule has 32 heavy (non-hydrogen) atoms. The number of hydrogen-bond donors (Lipinski definition) is 2. The van der Waals surface area contributed by atoms with E-state index >= 15 is 0 Å². The zero-order valence-corrected chi connectivity index (χ0v) is 18.8. The van der Waals surface area contributed by atoms with Crippen molar-refractivity contribution < 1.29 is 18.8 Å². The molecule has 1 saturated carbocycles. The lowest BCUT2D eigenvalue weighted by Crippen LogP contribution is -2.58. The Balaban J connectivity index is 1.40. The summed E-state index contributed by atoms with van der Waals surface area (Å²) in [6.07, 6.45) is 9.34. The van der Waals surface area contributed by atoms with Gasteiger partial charge in [-0.05, 0) is 63.4 Å². The maximum atomic E-state index is 13.3. The lowest BCUT2D eigenvalue weighted by molar-refractivity contribution is -0.135. The molecule has 2 heterocycles. The van der Waals surface area contributed by atoms with E-state index in [0.29, 0.717) is 12.1 Å². The number of urea groups is 1. The molecule has 1 aliphatic carbocycles. The molecule has 3 fully saturated rings. The number of rotatable bonds is 6. The first-order valence-electron chi connectivity index (χ1n) is 11.8. The Morgan fingerprint density at radius 3 is 2.31 bits per heavy atom. The summed E-state index contributed by atoms with van der Waals surface area (Å²) in [4.78, 5) is 41.9. The molecule has 7 nitrogen and oxygen atoms in total. The molecule has 8 heteroatoms. The third kappa shape index (κ3) is 4.37. The van der Waals surface area contributed by atoms with Gasteiger partial charge in [0.25, 0.3) is 5.91 Å². The second-order valence-corrected chi connectivity index (χ2v) is 9.56. The molecule has 1 unspecified atom stereocenters. The lowest BCUT2D eigenvalue weighted by atomic mass is 9.79. The first-order valence-corrected chi connectivity index (χ1v) is 11.8. The summed E-state index contributed by atoms with van der Waals surface area (Å²) < 4.78 is 13.3. The maximum absolute atomic E-state index is 13.3. The number of imide groups is 1. The summed E-state index contributed by atoms with van der Waals surface area (Å²) in [5.74, 6) is -1.26. The van der Waals surface area contributed by atoms with Crippen molar-refractivity contribution in [3.05, 3.63) is 35.6 Å². The van der Waals surface area contributed by atoms with E-state index in [-0.39, 0.29) is 18.0 Å². The van der Waals surface area contributed by atoms with E-state index in [4.69, 9.17) is 0 Å². The Hall–Kier alpha value is -2.48. The van der Waals surface area contributed by atoms with Crippen LogP contribution >= 0.6 is 0 Å². The third-order valence-corrected chi connectivity index (χ3v) is 7.42. The summed E-state index contributed by atoms with van der Waals surface area (Å²) in [6, 6.07) is 4.84. The highest BCUT2D eigenvalue weighted by atomic mass is 19.1. The van der Waals surface area contributed by atoms with Crippen LogP contribution in [0.25, 0.3) is 0 Å². The van der Waals surface area contributed by atoms with Crippen molar-refractivity contribution in [2.24, 2.45) is 0 Å². The minimum Gasteiger partial charge on any atom is -0.353 e. The van der Waals surface area contributed by atoms with Crippen LogP contribution in [0.5, 0.6) is 0 Å². The van der Waals surface area contributed by atoms with E-state index in [0.717, 1.165) is 43.7 Å². The molecular weight excluding hydrogens is 411 g/mol. The highest BCUT2D eigenvalue weighted by Gasteiger charge is 2.49. The highest BCUT2D eigenvalue weighted by Crippen LogP contribution is 2.35. The smallest absolute Gasteiger partial charge is 0.325 e. The number of likely N-dealkylation sites (tertiary alicyclic amines) is 1. The van der Waals surface area contributed by atoms with Crippen molar-refractivity contribution in [1.29, 1.82) is 0 Å². The average molecular weight is 445 g/mol. The third-order valence-electron chi connectivity index (χ3n) is 7.42. The Kier molecular flexibility index (Phi) is 6.51. The Bertz CT molecular complexity index is 863. The molecule has 174 valence electrons. The van der Waals surface area contributed by atoms with Crippen LogP contribution in [0.3, 0.4) is 0 Å². The zero-order chi connectivity index (χ0) is 22.8. The minimum atomic E-state index is -1.32. The van der Waals surface area contributed by atoms with Gasteiger partial charge in [0, 0.05) is 12.1 Å². The topological polar surface area (TPSA) is 81.8 Å². The van der Waals surface area contributed by atoms with Crippen LogP contribution in [-0.2, 0) is 15.1 Å². The van der Waals surface area contributed by atoms with Gasteiger partial charge < -0.3 is 10.6 Å². The molecule has 0 bridgehead atoms. The van der Waals surface area contributed by atoms with Crippen molar-refractivity contribution in [1.82, 2.24) is 20.4 Å². The van der Waals surface area contributed by atoms with Crippen LogP contribution in [0, 0.1) is 5.82 Å². The minimum absolute atomic E-state index is 0.0196. The van der Waals surface area contributed by atoms with Gasteiger partial charge in [0.15, 0.2) is 0 Å². The van der Waals surface area contributed by atoms with Gasteiger partial charge in [-0.25, -0.2) is 9.18 Å². The predicted octanol–water partition coefficient (Wildman–Crippen LogP) is 2.90. The number of carbonyl (C=O) groups is 3. The van der Waals surface area contributed by atoms with Gasteiger partial charge in [0.05, 0.1) is 0 Å². The largest absolute Gasteiger partial charge is 0.353 e. The molecule has 1 atom stereocenters. The lowest BCUT2D eigenvalue weighted by Gasteiger charge is -2.48. The van der Waals surface area contributed by atoms with Crippen molar-refractivity contribution in [3.63, 3.8) is 0 Å². The summed E-state index contributed by atoms with van der Waals surface area (Å²) in [6.45, 7) is 3.94. The highest BCUT2D eigenvalue weighted by molar-refractivity contribution is 6.09. The first-order chi connectivity index (χ1) is 15.3. The number of piperidine rings is 1. The van der Waals surface area contributed by atoms with Crippen LogP contribution in [0.1, 0.15) is 63.9 Å². The fourth-order valence-corrected chi connectivity index (χ4v) is 5.46. The molecule has 2 saturated heterocycles. The van der Waals surface area contributed by atoms with E-state index in [1.165, 1.54) is 49.9 Å². The summed E-state index contributed by atoms with van der Waals surface area (Å²) >= 11 is 0. The summed E-state index contributed by atoms with van der Waals surface area (Å²) in [7, 11) is 0. The van der Waals surface area contributed by atoms with Gasteiger partial charge in [0.1, 0.15) is 17.9 Å². The molecular formula is C24H33FN4O3. The first kappa shape index (κ1) is 22.7. The van der Waals surface area contributed by atoms with Gasteiger partial charge in [-0.15, -0.1) is 0 Å².